The number of ether oxygens (including phenoxy) is 1. The second kappa shape index (κ2) is 7.41. The number of hydrogen-bond acceptors (Lipinski definition) is 5. The van der Waals surface area contributed by atoms with E-state index < -0.39 is 23.6 Å². The van der Waals surface area contributed by atoms with Gasteiger partial charge in [0, 0.05) is 10.9 Å². The van der Waals surface area contributed by atoms with Crippen molar-refractivity contribution in [2.75, 3.05) is 5.75 Å². The average molecular weight is 434 g/mol. The molecule has 0 atom stereocenters. The Labute approximate surface area is 170 Å². The zero-order chi connectivity index (χ0) is 21.5. The van der Waals surface area contributed by atoms with Gasteiger partial charge in [-0.3, -0.25) is 14.2 Å². The Hall–Kier alpha value is -3.47. The van der Waals surface area contributed by atoms with Gasteiger partial charge in [-0.05, 0) is 30.3 Å². The fourth-order valence-electron chi connectivity index (χ4n) is 3.00. The van der Waals surface area contributed by atoms with Gasteiger partial charge in [-0.2, -0.15) is 0 Å². The molecular formula is C19H13F3N4O3S. The van der Waals surface area contributed by atoms with Gasteiger partial charge < -0.3 is 15.5 Å². The third kappa shape index (κ3) is 3.83. The summed E-state index contributed by atoms with van der Waals surface area (Å²) >= 11 is 0.957. The zero-order valence-electron chi connectivity index (χ0n) is 15.1. The van der Waals surface area contributed by atoms with E-state index in [1.807, 2.05) is 0 Å². The van der Waals surface area contributed by atoms with E-state index >= 15 is 0 Å². The summed E-state index contributed by atoms with van der Waals surface area (Å²) in [6.45, 7) is 0. The molecule has 0 unspecified atom stereocenters. The second-order valence-corrected chi connectivity index (χ2v) is 7.17. The van der Waals surface area contributed by atoms with Gasteiger partial charge >= 0.3 is 6.36 Å². The molecular weight excluding hydrogens is 421 g/mol. The van der Waals surface area contributed by atoms with Crippen molar-refractivity contribution in [3.63, 3.8) is 0 Å². The van der Waals surface area contributed by atoms with Crippen molar-refractivity contribution >= 4 is 39.6 Å². The van der Waals surface area contributed by atoms with Crippen LogP contribution in [0.4, 0.5) is 13.2 Å². The van der Waals surface area contributed by atoms with E-state index in [1.165, 1.54) is 16.7 Å². The number of amides is 1. The first-order valence-corrected chi connectivity index (χ1v) is 9.52. The number of alkyl halides is 3. The number of H-pyrrole nitrogens is 1. The molecule has 0 saturated heterocycles. The monoisotopic (exact) mass is 434 g/mol. The predicted octanol–water partition coefficient (Wildman–Crippen LogP) is 3.34. The van der Waals surface area contributed by atoms with Gasteiger partial charge in [-0.15, -0.1) is 13.2 Å². The fraction of sp³-hybridized carbons (Fsp3) is 0.105. The second-order valence-electron chi connectivity index (χ2n) is 6.23. The number of fused-ring (bicyclic) bond motifs is 3. The van der Waals surface area contributed by atoms with Crippen molar-refractivity contribution in [2.45, 2.75) is 11.5 Å². The van der Waals surface area contributed by atoms with Crippen LogP contribution in [-0.2, 0) is 4.79 Å². The van der Waals surface area contributed by atoms with E-state index in [4.69, 9.17) is 5.73 Å². The number of nitrogens with one attached hydrogen (secondary N) is 1. The molecule has 1 amide bonds. The molecule has 30 heavy (non-hydrogen) atoms. The minimum absolute atomic E-state index is 0.129. The third-order valence-corrected chi connectivity index (χ3v) is 5.13. The van der Waals surface area contributed by atoms with Gasteiger partial charge in [0.25, 0.3) is 5.56 Å². The summed E-state index contributed by atoms with van der Waals surface area (Å²) in [6.07, 6.45) is -4.83. The topological polar surface area (TPSA) is 103 Å². The Balaban J connectivity index is 1.89. The third-order valence-electron chi connectivity index (χ3n) is 4.17. The lowest BCUT2D eigenvalue weighted by Crippen LogP contribution is -2.23. The van der Waals surface area contributed by atoms with Crippen LogP contribution in [0.5, 0.6) is 5.75 Å². The van der Waals surface area contributed by atoms with Gasteiger partial charge in [0.05, 0.1) is 11.4 Å². The first kappa shape index (κ1) is 19.8. The number of benzene rings is 2. The van der Waals surface area contributed by atoms with Gasteiger partial charge in [0.15, 0.2) is 5.16 Å². The number of halogens is 3. The quantitative estimate of drug-likeness (QED) is 0.370. The molecule has 0 aliphatic rings. The zero-order valence-corrected chi connectivity index (χ0v) is 15.9. The molecule has 11 heteroatoms. The van der Waals surface area contributed by atoms with Crippen LogP contribution in [0.15, 0.2) is 58.5 Å². The molecule has 2 aromatic carbocycles. The van der Waals surface area contributed by atoms with E-state index in [0.717, 1.165) is 29.3 Å². The molecule has 7 nitrogen and oxygen atoms in total. The van der Waals surface area contributed by atoms with Crippen molar-refractivity contribution in [2.24, 2.45) is 5.73 Å². The highest BCUT2D eigenvalue weighted by molar-refractivity contribution is 7.99. The maximum Gasteiger partial charge on any atom is 0.573 e. The molecule has 3 N–H and O–H groups in total. The molecule has 0 radical (unpaired) electrons. The van der Waals surface area contributed by atoms with Crippen molar-refractivity contribution in [1.29, 1.82) is 0 Å². The fourth-order valence-corrected chi connectivity index (χ4v) is 3.74. The standard InChI is InChI=1S/C19H13F3N4O3S/c20-19(21,22)29-11-7-5-10(6-8-11)26-17(28)16-15(25-18(26)30-9-14(23)27)12-3-1-2-4-13(12)24-16/h1-8,24H,9H2,(H2,23,27). The van der Waals surface area contributed by atoms with Crippen LogP contribution < -0.4 is 16.0 Å². The van der Waals surface area contributed by atoms with Crippen LogP contribution in [0.3, 0.4) is 0 Å². The number of hydrogen-bond donors (Lipinski definition) is 2. The van der Waals surface area contributed by atoms with Crippen molar-refractivity contribution in [3.05, 3.63) is 58.9 Å². The Morgan fingerprint density at radius 3 is 2.53 bits per heavy atom. The van der Waals surface area contributed by atoms with Crippen LogP contribution in [-0.4, -0.2) is 32.6 Å². The van der Waals surface area contributed by atoms with Crippen molar-refractivity contribution in [1.82, 2.24) is 14.5 Å². The first-order valence-electron chi connectivity index (χ1n) is 8.54. The summed E-state index contributed by atoms with van der Waals surface area (Å²) in [6, 6.07) is 12.0. The number of carbonyl (C=O) groups excluding carboxylic acids is 1. The summed E-state index contributed by atoms with van der Waals surface area (Å²) in [5.41, 5.74) is 6.38. The lowest BCUT2D eigenvalue weighted by molar-refractivity contribution is -0.274. The molecule has 2 aromatic heterocycles. The Bertz CT molecular complexity index is 1310. The Morgan fingerprint density at radius 1 is 1.17 bits per heavy atom. The van der Waals surface area contributed by atoms with Gasteiger partial charge in [-0.1, -0.05) is 30.0 Å². The van der Waals surface area contributed by atoms with Crippen LogP contribution in [0.2, 0.25) is 0 Å². The number of nitrogens with two attached hydrogens (primary N) is 1. The SMILES string of the molecule is NC(=O)CSc1nc2c([nH]c3ccccc32)c(=O)n1-c1ccc(OC(F)(F)F)cc1. The summed E-state index contributed by atoms with van der Waals surface area (Å²) in [7, 11) is 0. The highest BCUT2D eigenvalue weighted by Crippen LogP contribution is 2.28. The van der Waals surface area contributed by atoms with Gasteiger partial charge in [0.1, 0.15) is 16.8 Å². The lowest BCUT2D eigenvalue weighted by Gasteiger charge is -2.13. The summed E-state index contributed by atoms with van der Waals surface area (Å²) in [4.78, 5) is 32.0. The van der Waals surface area contributed by atoms with E-state index in [9.17, 15) is 22.8 Å². The normalized spacial score (nSPS) is 11.8. The number of aromatic amines is 1. The van der Waals surface area contributed by atoms with Gasteiger partial charge in [0.2, 0.25) is 5.91 Å². The number of nitrogens with zero attached hydrogens (tertiary/aromatic N) is 2. The van der Waals surface area contributed by atoms with Crippen molar-refractivity contribution < 1.29 is 22.7 Å². The minimum atomic E-state index is -4.83. The van der Waals surface area contributed by atoms with Gasteiger partial charge in [-0.25, -0.2) is 4.98 Å². The number of para-hydroxylation sites is 1. The Kier molecular flexibility index (Phi) is 4.90. The number of rotatable bonds is 5. The number of carbonyl (C=O) groups is 1. The van der Waals surface area contributed by atoms with E-state index in [0.29, 0.717) is 11.0 Å². The minimum Gasteiger partial charge on any atom is -0.406 e. The smallest absolute Gasteiger partial charge is 0.406 e. The molecule has 4 aromatic rings. The molecule has 0 aliphatic carbocycles. The maximum atomic E-state index is 13.2. The molecule has 0 bridgehead atoms. The molecule has 4 rings (SSSR count). The van der Waals surface area contributed by atoms with E-state index in [-0.39, 0.29) is 22.1 Å². The molecule has 2 heterocycles. The van der Waals surface area contributed by atoms with Crippen LogP contribution >= 0.6 is 11.8 Å². The average Bonchev–Trinajstić information content (AvgIpc) is 3.05. The number of primary amides is 1. The molecule has 154 valence electrons. The predicted molar refractivity (Wildman–Crippen MR) is 106 cm³/mol. The first-order chi connectivity index (χ1) is 14.2. The summed E-state index contributed by atoms with van der Waals surface area (Å²) in [5.74, 6) is -1.16. The molecule has 0 saturated carbocycles. The van der Waals surface area contributed by atoms with Crippen molar-refractivity contribution in [3.8, 4) is 11.4 Å². The highest BCUT2D eigenvalue weighted by atomic mass is 32.2. The molecule has 0 fully saturated rings. The maximum absolute atomic E-state index is 13.2. The summed E-state index contributed by atoms with van der Waals surface area (Å²) < 4.78 is 42.3. The summed E-state index contributed by atoms with van der Waals surface area (Å²) in [5, 5.41) is 0.909. The van der Waals surface area contributed by atoms with Crippen LogP contribution in [0.25, 0.3) is 27.6 Å². The number of aromatic nitrogens is 3. The molecule has 0 spiro atoms. The largest absolute Gasteiger partial charge is 0.573 e. The van der Waals surface area contributed by atoms with E-state index in [1.54, 1.807) is 24.3 Å². The van der Waals surface area contributed by atoms with Crippen LogP contribution in [0.1, 0.15) is 0 Å². The lowest BCUT2D eigenvalue weighted by atomic mass is 10.2. The van der Waals surface area contributed by atoms with E-state index in [2.05, 4.69) is 14.7 Å². The molecule has 0 aliphatic heterocycles. The highest BCUT2D eigenvalue weighted by Gasteiger charge is 2.31. The Morgan fingerprint density at radius 2 is 1.87 bits per heavy atom. The van der Waals surface area contributed by atoms with Crippen LogP contribution in [0, 0.1) is 0 Å². The number of thioether (sulfide) groups is 1.